The molecule has 1 rings (SSSR count). The summed E-state index contributed by atoms with van der Waals surface area (Å²) in [5.41, 5.74) is 2.57. The van der Waals surface area contributed by atoms with Gasteiger partial charge in [0.2, 0.25) is 0 Å². The number of nitrogens with one attached hydrogen (secondary N) is 1. The van der Waals surface area contributed by atoms with Crippen LogP contribution in [0.2, 0.25) is 0 Å². The summed E-state index contributed by atoms with van der Waals surface area (Å²) in [7, 11) is 0. The number of benzene rings is 1. The standard InChI is InChI=1S/C15H25NO/c1-5-13(4)17-11-15-8-6-14(7-9-15)10-16-12(2)3/h6-9,12-13,16H,5,10-11H2,1-4H3. The van der Waals surface area contributed by atoms with E-state index in [1.54, 1.807) is 0 Å². The van der Waals surface area contributed by atoms with Gasteiger partial charge in [0.25, 0.3) is 0 Å². The van der Waals surface area contributed by atoms with E-state index in [0.717, 1.165) is 13.0 Å². The van der Waals surface area contributed by atoms with Crippen molar-refractivity contribution in [2.24, 2.45) is 0 Å². The van der Waals surface area contributed by atoms with Crippen LogP contribution in [0, 0.1) is 0 Å². The molecule has 0 amide bonds. The molecule has 0 fully saturated rings. The molecule has 1 unspecified atom stereocenters. The third-order valence-electron chi connectivity index (χ3n) is 2.85. The van der Waals surface area contributed by atoms with Gasteiger partial charge in [-0.25, -0.2) is 0 Å². The maximum absolute atomic E-state index is 5.70. The number of hydrogen-bond donors (Lipinski definition) is 1. The van der Waals surface area contributed by atoms with Crippen LogP contribution in [0.4, 0.5) is 0 Å². The smallest absolute Gasteiger partial charge is 0.0720 e. The van der Waals surface area contributed by atoms with Crippen molar-refractivity contribution in [2.75, 3.05) is 0 Å². The Kier molecular flexibility index (Phi) is 6.23. The van der Waals surface area contributed by atoms with E-state index in [2.05, 4.69) is 57.3 Å². The predicted octanol–water partition coefficient (Wildman–Crippen LogP) is 3.50. The fourth-order valence-corrected chi connectivity index (χ4v) is 1.43. The SMILES string of the molecule is CCC(C)OCc1ccc(CNC(C)C)cc1. The van der Waals surface area contributed by atoms with E-state index in [-0.39, 0.29) is 0 Å². The van der Waals surface area contributed by atoms with Crippen molar-refractivity contribution in [1.29, 1.82) is 0 Å². The molecular formula is C15H25NO. The predicted molar refractivity (Wildman–Crippen MR) is 73.0 cm³/mol. The molecule has 0 aliphatic heterocycles. The second kappa shape index (κ2) is 7.46. The molecule has 1 aromatic carbocycles. The lowest BCUT2D eigenvalue weighted by molar-refractivity contribution is 0.0508. The maximum Gasteiger partial charge on any atom is 0.0720 e. The maximum atomic E-state index is 5.70. The third-order valence-corrected chi connectivity index (χ3v) is 2.85. The summed E-state index contributed by atoms with van der Waals surface area (Å²) in [6, 6.07) is 9.18. The largest absolute Gasteiger partial charge is 0.374 e. The molecule has 0 spiro atoms. The highest BCUT2D eigenvalue weighted by atomic mass is 16.5. The van der Waals surface area contributed by atoms with Gasteiger partial charge in [0, 0.05) is 12.6 Å². The van der Waals surface area contributed by atoms with Gasteiger partial charge in [-0.3, -0.25) is 0 Å². The first-order chi connectivity index (χ1) is 8.11. The Hall–Kier alpha value is -0.860. The van der Waals surface area contributed by atoms with Crippen molar-refractivity contribution < 1.29 is 4.74 Å². The molecule has 0 saturated heterocycles. The van der Waals surface area contributed by atoms with Gasteiger partial charge in [0.15, 0.2) is 0 Å². The quantitative estimate of drug-likeness (QED) is 0.781. The molecule has 17 heavy (non-hydrogen) atoms. The average Bonchev–Trinajstić information content (AvgIpc) is 2.34. The van der Waals surface area contributed by atoms with Gasteiger partial charge in [-0.1, -0.05) is 45.0 Å². The highest BCUT2D eigenvalue weighted by Crippen LogP contribution is 2.08. The van der Waals surface area contributed by atoms with Gasteiger partial charge in [-0.05, 0) is 24.5 Å². The molecule has 1 N–H and O–H groups in total. The van der Waals surface area contributed by atoms with Gasteiger partial charge in [0.1, 0.15) is 0 Å². The average molecular weight is 235 g/mol. The summed E-state index contributed by atoms with van der Waals surface area (Å²) in [6.07, 6.45) is 1.41. The Labute approximate surface area is 105 Å². The topological polar surface area (TPSA) is 21.3 Å². The van der Waals surface area contributed by atoms with Crippen molar-refractivity contribution in [2.45, 2.75) is 59.4 Å². The van der Waals surface area contributed by atoms with E-state index in [0.29, 0.717) is 18.8 Å². The second-order valence-corrected chi connectivity index (χ2v) is 4.88. The Morgan fingerprint density at radius 3 is 2.18 bits per heavy atom. The molecule has 0 aromatic heterocycles. The Balaban J connectivity index is 2.39. The number of ether oxygens (including phenoxy) is 1. The zero-order valence-electron chi connectivity index (χ0n) is 11.5. The van der Waals surface area contributed by atoms with Crippen LogP contribution in [0.1, 0.15) is 45.2 Å². The minimum absolute atomic E-state index is 0.345. The molecule has 0 radical (unpaired) electrons. The zero-order valence-corrected chi connectivity index (χ0v) is 11.5. The summed E-state index contributed by atoms with van der Waals surface area (Å²) < 4.78 is 5.70. The van der Waals surface area contributed by atoms with Crippen LogP contribution in [0.25, 0.3) is 0 Å². The van der Waals surface area contributed by atoms with E-state index >= 15 is 0 Å². The van der Waals surface area contributed by atoms with Crippen molar-refractivity contribution in [3.63, 3.8) is 0 Å². The highest BCUT2D eigenvalue weighted by Gasteiger charge is 2.00. The van der Waals surface area contributed by atoms with Crippen LogP contribution in [-0.4, -0.2) is 12.1 Å². The molecule has 0 aliphatic rings. The monoisotopic (exact) mass is 235 g/mol. The third kappa shape index (κ3) is 5.85. The van der Waals surface area contributed by atoms with Crippen LogP contribution in [0.3, 0.4) is 0 Å². The molecule has 1 aromatic rings. The first kappa shape index (κ1) is 14.2. The van der Waals surface area contributed by atoms with Gasteiger partial charge in [-0.15, -0.1) is 0 Å². The van der Waals surface area contributed by atoms with E-state index in [1.165, 1.54) is 11.1 Å². The fourth-order valence-electron chi connectivity index (χ4n) is 1.43. The molecule has 0 heterocycles. The van der Waals surface area contributed by atoms with E-state index in [1.807, 2.05) is 0 Å². The minimum Gasteiger partial charge on any atom is -0.374 e. The summed E-state index contributed by atoms with van der Waals surface area (Å²) in [5.74, 6) is 0. The van der Waals surface area contributed by atoms with Crippen molar-refractivity contribution in [1.82, 2.24) is 5.32 Å². The molecular weight excluding hydrogens is 210 g/mol. The van der Waals surface area contributed by atoms with E-state index < -0.39 is 0 Å². The first-order valence-corrected chi connectivity index (χ1v) is 6.54. The lowest BCUT2D eigenvalue weighted by Gasteiger charge is -2.11. The van der Waals surface area contributed by atoms with Gasteiger partial charge >= 0.3 is 0 Å². The Morgan fingerprint density at radius 1 is 1.06 bits per heavy atom. The van der Waals surface area contributed by atoms with Crippen LogP contribution >= 0.6 is 0 Å². The van der Waals surface area contributed by atoms with Gasteiger partial charge < -0.3 is 10.1 Å². The van der Waals surface area contributed by atoms with Crippen molar-refractivity contribution in [3.8, 4) is 0 Å². The van der Waals surface area contributed by atoms with Crippen LogP contribution in [0.15, 0.2) is 24.3 Å². The Bertz CT molecular complexity index is 305. The van der Waals surface area contributed by atoms with Crippen LogP contribution in [-0.2, 0) is 17.9 Å². The summed E-state index contributed by atoms with van der Waals surface area (Å²) in [4.78, 5) is 0. The zero-order chi connectivity index (χ0) is 12.7. The lowest BCUT2D eigenvalue weighted by atomic mass is 10.1. The summed E-state index contributed by atoms with van der Waals surface area (Å²) in [6.45, 7) is 10.2. The van der Waals surface area contributed by atoms with Gasteiger partial charge in [0.05, 0.1) is 12.7 Å². The lowest BCUT2D eigenvalue weighted by Crippen LogP contribution is -2.21. The summed E-state index contributed by atoms with van der Waals surface area (Å²) in [5, 5.41) is 3.41. The second-order valence-electron chi connectivity index (χ2n) is 4.88. The molecule has 0 saturated carbocycles. The Morgan fingerprint density at radius 2 is 1.65 bits per heavy atom. The van der Waals surface area contributed by atoms with Crippen molar-refractivity contribution >= 4 is 0 Å². The number of rotatable bonds is 7. The molecule has 2 nitrogen and oxygen atoms in total. The summed E-state index contributed by atoms with van der Waals surface area (Å²) >= 11 is 0. The van der Waals surface area contributed by atoms with Crippen molar-refractivity contribution in [3.05, 3.63) is 35.4 Å². The fraction of sp³-hybridized carbons (Fsp3) is 0.600. The van der Waals surface area contributed by atoms with E-state index in [4.69, 9.17) is 4.74 Å². The van der Waals surface area contributed by atoms with E-state index in [9.17, 15) is 0 Å². The number of hydrogen-bond acceptors (Lipinski definition) is 2. The van der Waals surface area contributed by atoms with Gasteiger partial charge in [-0.2, -0.15) is 0 Å². The normalized spacial score (nSPS) is 13.0. The highest BCUT2D eigenvalue weighted by molar-refractivity contribution is 5.21. The first-order valence-electron chi connectivity index (χ1n) is 6.54. The molecule has 2 heteroatoms. The molecule has 96 valence electrons. The van der Waals surface area contributed by atoms with Crippen LogP contribution < -0.4 is 5.32 Å². The van der Waals surface area contributed by atoms with Crippen LogP contribution in [0.5, 0.6) is 0 Å². The minimum atomic E-state index is 0.345. The molecule has 0 aliphatic carbocycles. The molecule has 0 bridgehead atoms. The molecule has 1 atom stereocenters.